The van der Waals surface area contributed by atoms with E-state index in [0.717, 1.165) is 5.56 Å². The van der Waals surface area contributed by atoms with E-state index in [9.17, 15) is 9.59 Å². The highest BCUT2D eigenvalue weighted by molar-refractivity contribution is 5.83. The molecule has 98 valence electrons. The number of nitrogen functional groups attached to an aromatic ring is 1. The molecule has 6 nitrogen and oxygen atoms in total. The van der Waals surface area contributed by atoms with Crippen LogP contribution in [0.4, 0.5) is 10.5 Å². The zero-order valence-corrected chi connectivity index (χ0v) is 10.3. The average Bonchev–Trinajstić information content (AvgIpc) is 2.27. The van der Waals surface area contributed by atoms with Gasteiger partial charge in [0.05, 0.1) is 0 Å². The summed E-state index contributed by atoms with van der Waals surface area (Å²) in [5.74, 6) is -1.13. The van der Waals surface area contributed by atoms with Crippen LogP contribution in [0.1, 0.15) is 19.4 Å². The number of hydrogen-bond acceptors (Lipinski definition) is 4. The first-order chi connectivity index (χ1) is 8.31. The Balaban J connectivity index is 2.47. The van der Waals surface area contributed by atoms with E-state index in [1.54, 1.807) is 24.3 Å². The molecule has 0 atom stereocenters. The lowest BCUT2D eigenvalue weighted by Crippen LogP contribution is -2.49. The van der Waals surface area contributed by atoms with Gasteiger partial charge in [0, 0.05) is 5.69 Å². The van der Waals surface area contributed by atoms with Crippen molar-refractivity contribution < 1.29 is 19.4 Å². The van der Waals surface area contributed by atoms with Crippen LogP contribution in [0.5, 0.6) is 0 Å². The van der Waals surface area contributed by atoms with E-state index >= 15 is 0 Å². The van der Waals surface area contributed by atoms with Gasteiger partial charge in [0.2, 0.25) is 0 Å². The van der Waals surface area contributed by atoms with E-state index in [2.05, 4.69) is 5.32 Å². The molecule has 0 spiro atoms. The summed E-state index contributed by atoms with van der Waals surface area (Å²) in [7, 11) is 0. The minimum Gasteiger partial charge on any atom is -0.480 e. The normalized spacial score (nSPS) is 10.8. The Kier molecular flexibility index (Phi) is 4.14. The monoisotopic (exact) mass is 252 g/mol. The van der Waals surface area contributed by atoms with Crippen molar-refractivity contribution in [3.8, 4) is 0 Å². The van der Waals surface area contributed by atoms with E-state index in [1.807, 2.05) is 0 Å². The Bertz CT molecular complexity index is 440. The van der Waals surface area contributed by atoms with E-state index in [0.29, 0.717) is 5.69 Å². The molecule has 1 amide bonds. The number of rotatable bonds is 4. The maximum atomic E-state index is 11.4. The van der Waals surface area contributed by atoms with Crippen LogP contribution in [0.25, 0.3) is 0 Å². The van der Waals surface area contributed by atoms with Crippen molar-refractivity contribution in [1.82, 2.24) is 5.32 Å². The van der Waals surface area contributed by atoms with E-state index in [1.165, 1.54) is 13.8 Å². The summed E-state index contributed by atoms with van der Waals surface area (Å²) in [6, 6.07) is 6.84. The Morgan fingerprint density at radius 1 is 1.33 bits per heavy atom. The van der Waals surface area contributed by atoms with Crippen LogP contribution in [0.2, 0.25) is 0 Å². The predicted molar refractivity (Wildman–Crippen MR) is 65.9 cm³/mol. The number of amides is 1. The highest BCUT2D eigenvalue weighted by Gasteiger charge is 2.29. The van der Waals surface area contributed by atoms with Crippen LogP contribution in [0.3, 0.4) is 0 Å². The van der Waals surface area contributed by atoms with Crippen molar-refractivity contribution in [2.45, 2.75) is 26.0 Å². The third kappa shape index (κ3) is 3.97. The summed E-state index contributed by atoms with van der Waals surface area (Å²) in [6.45, 7) is 2.81. The first kappa shape index (κ1) is 13.8. The van der Waals surface area contributed by atoms with Crippen LogP contribution in [0, 0.1) is 0 Å². The fraction of sp³-hybridized carbons (Fsp3) is 0.333. The lowest BCUT2D eigenvalue weighted by molar-refractivity contribution is -0.143. The second kappa shape index (κ2) is 5.39. The molecule has 0 bridgehead atoms. The van der Waals surface area contributed by atoms with Crippen LogP contribution in [-0.2, 0) is 16.1 Å². The minimum atomic E-state index is -1.36. The minimum absolute atomic E-state index is 0.0574. The molecule has 1 aromatic carbocycles. The number of anilines is 1. The molecule has 18 heavy (non-hydrogen) atoms. The molecule has 1 rings (SSSR count). The van der Waals surface area contributed by atoms with Gasteiger partial charge in [0.1, 0.15) is 12.1 Å². The Hall–Kier alpha value is -2.24. The lowest BCUT2D eigenvalue weighted by Gasteiger charge is -2.20. The molecule has 0 saturated heterocycles. The number of carboxylic acid groups (broad SMARTS) is 1. The summed E-state index contributed by atoms with van der Waals surface area (Å²) in [6.07, 6.45) is -0.778. The van der Waals surface area contributed by atoms with Crippen molar-refractivity contribution in [3.05, 3.63) is 29.8 Å². The fourth-order valence-corrected chi connectivity index (χ4v) is 1.11. The molecule has 0 aliphatic heterocycles. The molecule has 0 aliphatic carbocycles. The van der Waals surface area contributed by atoms with Crippen LogP contribution < -0.4 is 11.1 Å². The summed E-state index contributed by atoms with van der Waals surface area (Å²) < 4.78 is 4.90. The number of benzene rings is 1. The first-order valence-electron chi connectivity index (χ1n) is 5.34. The summed E-state index contributed by atoms with van der Waals surface area (Å²) in [4.78, 5) is 22.2. The Morgan fingerprint density at radius 2 is 1.89 bits per heavy atom. The zero-order valence-electron chi connectivity index (χ0n) is 10.3. The lowest BCUT2D eigenvalue weighted by atomic mass is 10.1. The highest BCUT2D eigenvalue weighted by Crippen LogP contribution is 2.07. The van der Waals surface area contributed by atoms with Crippen molar-refractivity contribution in [2.75, 3.05) is 5.73 Å². The molecule has 0 aromatic heterocycles. The van der Waals surface area contributed by atoms with Gasteiger partial charge < -0.3 is 20.9 Å². The van der Waals surface area contributed by atoms with Gasteiger partial charge in [0.25, 0.3) is 0 Å². The van der Waals surface area contributed by atoms with Crippen molar-refractivity contribution in [3.63, 3.8) is 0 Å². The molecule has 1 aromatic rings. The van der Waals surface area contributed by atoms with Crippen LogP contribution >= 0.6 is 0 Å². The summed E-state index contributed by atoms with van der Waals surface area (Å²) >= 11 is 0. The molecule has 4 N–H and O–H groups in total. The van der Waals surface area contributed by atoms with Gasteiger partial charge in [-0.05, 0) is 31.5 Å². The zero-order chi connectivity index (χ0) is 13.8. The average molecular weight is 252 g/mol. The van der Waals surface area contributed by atoms with E-state index < -0.39 is 17.6 Å². The van der Waals surface area contributed by atoms with Crippen LogP contribution in [0.15, 0.2) is 24.3 Å². The van der Waals surface area contributed by atoms with Gasteiger partial charge in [-0.3, -0.25) is 0 Å². The topological polar surface area (TPSA) is 102 Å². The number of nitrogens with one attached hydrogen (secondary N) is 1. The van der Waals surface area contributed by atoms with Gasteiger partial charge >= 0.3 is 12.1 Å². The Labute approximate surface area is 105 Å². The van der Waals surface area contributed by atoms with E-state index in [4.69, 9.17) is 15.6 Å². The number of aliphatic carboxylic acids is 1. The van der Waals surface area contributed by atoms with Crippen LogP contribution in [-0.4, -0.2) is 22.7 Å². The molecule has 0 fully saturated rings. The third-order valence-corrected chi connectivity index (χ3v) is 2.30. The second-order valence-corrected chi connectivity index (χ2v) is 4.37. The molecule has 6 heteroatoms. The molecule has 0 aliphatic rings. The molecular formula is C12H16N2O4. The van der Waals surface area contributed by atoms with Crippen molar-refractivity contribution in [2.24, 2.45) is 0 Å². The summed E-state index contributed by atoms with van der Waals surface area (Å²) in [5, 5.41) is 11.1. The molecule has 0 saturated carbocycles. The number of carbonyl (C=O) groups excluding carboxylic acids is 1. The predicted octanol–water partition coefficient (Wildman–Crippen LogP) is 1.36. The quantitative estimate of drug-likeness (QED) is 0.702. The SMILES string of the molecule is CC(C)(NC(=O)OCc1ccc(N)cc1)C(=O)O. The second-order valence-electron chi connectivity index (χ2n) is 4.37. The number of ether oxygens (including phenoxy) is 1. The molecule has 0 unspecified atom stereocenters. The summed E-state index contributed by atoms with van der Waals surface area (Å²) in [5.41, 5.74) is 5.54. The van der Waals surface area contributed by atoms with E-state index in [-0.39, 0.29) is 6.61 Å². The highest BCUT2D eigenvalue weighted by atomic mass is 16.5. The maximum absolute atomic E-state index is 11.4. The number of hydrogen-bond donors (Lipinski definition) is 3. The number of carbonyl (C=O) groups is 2. The fourth-order valence-electron chi connectivity index (χ4n) is 1.11. The molecular weight excluding hydrogens is 236 g/mol. The van der Waals surface area contributed by atoms with Gasteiger partial charge in [-0.2, -0.15) is 0 Å². The number of carboxylic acids is 1. The number of alkyl carbamates (subject to hydrolysis) is 1. The number of nitrogens with two attached hydrogens (primary N) is 1. The molecule has 0 radical (unpaired) electrons. The van der Waals surface area contributed by atoms with Gasteiger partial charge in [-0.1, -0.05) is 12.1 Å². The smallest absolute Gasteiger partial charge is 0.408 e. The van der Waals surface area contributed by atoms with Gasteiger partial charge in [0.15, 0.2) is 0 Å². The van der Waals surface area contributed by atoms with Crippen molar-refractivity contribution in [1.29, 1.82) is 0 Å². The van der Waals surface area contributed by atoms with Crippen molar-refractivity contribution >= 4 is 17.7 Å². The first-order valence-corrected chi connectivity index (χ1v) is 5.34. The van der Waals surface area contributed by atoms with Gasteiger partial charge in [-0.15, -0.1) is 0 Å². The third-order valence-electron chi connectivity index (χ3n) is 2.30. The Morgan fingerprint density at radius 3 is 2.39 bits per heavy atom. The maximum Gasteiger partial charge on any atom is 0.408 e. The largest absolute Gasteiger partial charge is 0.480 e. The standard InChI is InChI=1S/C12H16N2O4/c1-12(2,10(15)16)14-11(17)18-7-8-3-5-9(13)6-4-8/h3-6H,7,13H2,1-2H3,(H,14,17)(H,15,16). The van der Waals surface area contributed by atoms with Gasteiger partial charge in [-0.25, -0.2) is 9.59 Å². The molecule has 0 heterocycles.